The molecule has 26 heavy (non-hydrogen) atoms. The summed E-state index contributed by atoms with van der Waals surface area (Å²) in [7, 11) is 0. The molecule has 0 aliphatic carbocycles. The standard InChI is InChI=1S/C18H18N4O2S2/c1-3-19-18(24)22-16(23)11(2)26-17-12-7-4-5-8-13(12)20-15(21-17)14-9-6-10-25-14/h4-11H,3H2,1-2H3,(H2,19,22,23,24)/t11-/m0/s1. The summed E-state index contributed by atoms with van der Waals surface area (Å²) in [6.45, 7) is 4.00. The number of aromatic nitrogens is 2. The van der Waals surface area contributed by atoms with Crippen LogP contribution in [0, 0.1) is 0 Å². The van der Waals surface area contributed by atoms with E-state index in [4.69, 9.17) is 0 Å². The van der Waals surface area contributed by atoms with E-state index in [1.54, 1.807) is 25.2 Å². The Kier molecular flexibility index (Phi) is 5.85. The van der Waals surface area contributed by atoms with Gasteiger partial charge < -0.3 is 5.32 Å². The maximum absolute atomic E-state index is 12.2. The number of nitrogens with zero attached hydrogens (tertiary/aromatic N) is 2. The zero-order chi connectivity index (χ0) is 18.5. The van der Waals surface area contributed by atoms with Crippen LogP contribution in [0.25, 0.3) is 21.6 Å². The summed E-state index contributed by atoms with van der Waals surface area (Å²) in [4.78, 5) is 34.1. The van der Waals surface area contributed by atoms with Gasteiger partial charge in [0.25, 0.3) is 0 Å². The lowest BCUT2D eigenvalue weighted by molar-refractivity contribution is -0.119. The van der Waals surface area contributed by atoms with Gasteiger partial charge >= 0.3 is 6.03 Å². The average molecular weight is 387 g/mol. The molecule has 0 bridgehead atoms. The first-order valence-corrected chi connectivity index (χ1v) is 9.90. The molecule has 0 spiro atoms. The molecule has 2 heterocycles. The van der Waals surface area contributed by atoms with E-state index in [1.165, 1.54) is 11.8 Å². The summed E-state index contributed by atoms with van der Waals surface area (Å²) in [5.41, 5.74) is 0.824. The van der Waals surface area contributed by atoms with E-state index >= 15 is 0 Å². The maximum atomic E-state index is 12.2. The third kappa shape index (κ3) is 4.20. The lowest BCUT2D eigenvalue weighted by Crippen LogP contribution is -2.42. The molecule has 6 nitrogen and oxygen atoms in total. The summed E-state index contributed by atoms with van der Waals surface area (Å²) >= 11 is 2.88. The molecule has 2 aromatic heterocycles. The van der Waals surface area contributed by atoms with Gasteiger partial charge in [-0.3, -0.25) is 10.1 Å². The Morgan fingerprint density at radius 3 is 2.73 bits per heavy atom. The Morgan fingerprint density at radius 2 is 2.00 bits per heavy atom. The molecule has 1 aromatic carbocycles. The van der Waals surface area contributed by atoms with Gasteiger partial charge in [-0.25, -0.2) is 14.8 Å². The van der Waals surface area contributed by atoms with Crippen molar-refractivity contribution in [3.05, 3.63) is 41.8 Å². The third-order valence-corrected chi connectivity index (χ3v) is 5.51. The van der Waals surface area contributed by atoms with Crippen molar-refractivity contribution in [3.8, 4) is 10.7 Å². The highest BCUT2D eigenvalue weighted by Crippen LogP contribution is 2.32. The number of benzene rings is 1. The van der Waals surface area contributed by atoms with Crippen LogP contribution >= 0.6 is 23.1 Å². The molecule has 8 heteroatoms. The molecule has 0 saturated heterocycles. The van der Waals surface area contributed by atoms with Crippen molar-refractivity contribution < 1.29 is 9.59 Å². The van der Waals surface area contributed by atoms with Crippen molar-refractivity contribution in [3.63, 3.8) is 0 Å². The molecule has 0 aliphatic heterocycles. The van der Waals surface area contributed by atoms with Crippen LogP contribution in [0.15, 0.2) is 46.8 Å². The smallest absolute Gasteiger partial charge is 0.321 e. The number of fused-ring (bicyclic) bond motifs is 1. The van der Waals surface area contributed by atoms with Gasteiger partial charge in [-0.1, -0.05) is 36.0 Å². The molecule has 0 fully saturated rings. The highest BCUT2D eigenvalue weighted by atomic mass is 32.2. The number of hydrogen-bond donors (Lipinski definition) is 2. The highest BCUT2D eigenvalue weighted by Gasteiger charge is 2.20. The number of imide groups is 1. The Balaban J connectivity index is 1.89. The Labute approximate surface area is 159 Å². The third-order valence-electron chi connectivity index (χ3n) is 3.54. The van der Waals surface area contributed by atoms with Gasteiger partial charge in [0.2, 0.25) is 5.91 Å². The number of rotatable bonds is 5. The summed E-state index contributed by atoms with van der Waals surface area (Å²) in [5, 5.41) is 7.99. The number of amides is 3. The molecule has 0 radical (unpaired) electrons. The number of urea groups is 1. The molecule has 0 aliphatic rings. The summed E-state index contributed by atoms with van der Waals surface area (Å²) in [6.07, 6.45) is 0. The van der Waals surface area contributed by atoms with E-state index in [1.807, 2.05) is 41.8 Å². The molecule has 3 aromatic rings. The van der Waals surface area contributed by atoms with Crippen molar-refractivity contribution in [2.45, 2.75) is 24.1 Å². The number of thioether (sulfide) groups is 1. The number of carbonyl (C=O) groups is 2. The van der Waals surface area contributed by atoms with Crippen LogP contribution in [0.3, 0.4) is 0 Å². The molecular formula is C18H18N4O2S2. The predicted molar refractivity (Wildman–Crippen MR) is 105 cm³/mol. The first-order chi connectivity index (χ1) is 12.6. The Bertz CT molecular complexity index is 928. The van der Waals surface area contributed by atoms with Crippen LogP contribution < -0.4 is 10.6 Å². The summed E-state index contributed by atoms with van der Waals surface area (Å²) < 4.78 is 0. The number of thiophene rings is 1. The van der Waals surface area contributed by atoms with Crippen LogP contribution in [0.5, 0.6) is 0 Å². The van der Waals surface area contributed by atoms with Gasteiger partial charge in [0.15, 0.2) is 5.82 Å². The molecule has 1 atom stereocenters. The fourth-order valence-corrected chi connectivity index (χ4v) is 3.89. The van der Waals surface area contributed by atoms with E-state index in [2.05, 4.69) is 20.6 Å². The van der Waals surface area contributed by atoms with E-state index in [-0.39, 0.29) is 5.91 Å². The quantitative estimate of drug-likeness (QED) is 0.516. The zero-order valence-electron chi connectivity index (χ0n) is 14.4. The Hall–Kier alpha value is -2.45. The number of para-hydroxylation sites is 1. The molecule has 0 unspecified atom stereocenters. The van der Waals surface area contributed by atoms with Crippen LogP contribution in [-0.4, -0.2) is 33.7 Å². The first-order valence-electron chi connectivity index (χ1n) is 8.14. The van der Waals surface area contributed by atoms with Gasteiger partial charge in [0, 0.05) is 11.9 Å². The van der Waals surface area contributed by atoms with Crippen molar-refractivity contribution >= 4 is 45.9 Å². The maximum Gasteiger partial charge on any atom is 0.321 e. The van der Waals surface area contributed by atoms with E-state index < -0.39 is 11.3 Å². The normalized spacial score (nSPS) is 11.9. The van der Waals surface area contributed by atoms with E-state index in [0.717, 1.165) is 20.8 Å². The number of nitrogens with one attached hydrogen (secondary N) is 2. The fourth-order valence-electron chi connectivity index (χ4n) is 2.29. The van der Waals surface area contributed by atoms with E-state index in [0.29, 0.717) is 12.4 Å². The minimum absolute atomic E-state index is 0.360. The van der Waals surface area contributed by atoms with Gasteiger partial charge in [-0.05, 0) is 31.4 Å². The van der Waals surface area contributed by atoms with Crippen molar-refractivity contribution in [2.24, 2.45) is 0 Å². The van der Waals surface area contributed by atoms with Crippen LogP contribution in [0.2, 0.25) is 0 Å². The minimum atomic E-state index is -0.489. The second kappa shape index (κ2) is 8.29. The largest absolute Gasteiger partial charge is 0.338 e. The topological polar surface area (TPSA) is 84.0 Å². The van der Waals surface area contributed by atoms with Crippen molar-refractivity contribution in [1.82, 2.24) is 20.6 Å². The fraction of sp³-hybridized carbons (Fsp3) is 0.222. The van der Waals surface area contributed by atoms with Gasteiger partial charge in [-0.2, -0.15) is 0 Å². The predicted octanol–water partition coefficient (Wildman–Crippen LogP) is 3.68. The highest BCUT2D eigenvalue weighted by molar-refractivity contribution is 8.00. The first kappa shape index (κ1) is 18.3. The van der Waals surface area contributed by atoms with Crippen molar-refractivity contribution in [2.75, 3.05) is 6.54 Å². The average Bonchev–Trinajstić information content (AvgIpc) is 3.16. The molecule has 0 saturated carbocycles. The minimum Gasteiger partial charge on any atom is -0.338 e. The molecule has 3 amide bonds. The zero-order valence-corrected chi connectivity index (χ0v) is 16.0. The number of carbonyl (C=O) groups excluding carboxylic acids is 2. The SMILES string of the molecule is CCNC(=O)NC(=O)[C@H](C)Sc1nc(-c2cccs2)nc2ccccc12. The molecule has 3 rings (SSSR count). The summed E-state index contributed by atoms with van der Waals surface area (Å²) in [6, 6.07) is 11.1. The molecule has 2 N–H and O–H groups in total. The summed E-state index contributed by atoms with van der Waals surface area (Å²) in [5.74, 6) is 0.277. The second-order valence-electron chi connectivity index (χ2n) is 5.46. The van der Waals surface area contributed by atoms with Gasteiger partial charge in [-0.15, -0.1) is 11.3 Å². The van der Waals surface area contributed by atoms with Crippen LogP contribution in [-0.2, 0) is 4.79 Å². The lowest BCUT2D eigenvalue weighted by atomic mass is 10.2. The van der Waals surface area contributed by atoms with Gasteiger partial charge in [0.1, 0.15) is 5.03 Å². The lowest BCUT2D eigenvalue weighted by Gasteiger charge is -2.13. The molecular weight excluding hydrogens is 368 g/mol. The Morgan fingerprint density at radius 1 is 1.19 bits per heavy atom. The van der Waals surface area contributed by atoms with Crippen LogP contribution in [0.1, 0.15) is 13.8 Å². The molecule has 134 valence electrons. The van der Waals surface area contributed by atoms with Gasteiger partial charge in [0.05, 0.1) is 15.6 Å². The van der Waals surface area contributed by atoms with Crippen molar-refractivity contribution in [1.29, 1.82) is 0 Å². The van der Waals surface area contributed by atoms with E-state index in [9.17, 15) is 9.59 Å². The second-order valence-corrected chi connectivity index (χ2v) is 7.73. The number of hydrogen-bond acceptors (Lipinski definition) is 6. The monoisotopic (exact) mass is 386 g/mol. The van der Waals surface area contributed by atoms with Crippen LogP contribution in [0.4, 0.5) is 4.79 Å².